The molecule has 0 aliphatic heterocycles. The first-order valence-electron chi connectivity index (χ1n) is 6.18. The van der Waals surface area contributed by atoms with Gasteiger partial charge in [0.25, 0.3) is 5.91 Å². The molecule has 0 bridgehead atoms. The molecule has 1 heterocycles. The van der Waals surface area contributed by atoms with Crippen molar-refractivity contribution >= 4 is 22.6 Å². The number of aryl methyl sites for hydroxylation is 1. The molecule has 100 valence electrons. The van der Waals surface area contributed by atoms with E-state index in [0.29, 0.717) is 22.3 Å². The number of H-pyrrole nitrogens is 1. The van der Waals surface area contributed by atoms with E-state index in [1.165, 1.54) is 0 Å². The van der Waals surface area contributed by atoms with Crippen LogP contribution in [0, 0.1) is 6.92 Å². The predicted octanol–water partition coefficient (Wildman–Crippen LogP) is 1.91. The summed E-state index contributed by atoms with van der Waals surface area (Å²) in [6.07, 6.45) is 0. The third-order valence-electron chi connectivity index (χ3n) is 3.21. The van der Waals surface area contributed by atoms with Crippen LogP contribution in [0.25, 0.3) is 11.0 Å². The number of rotatable bonds is 1. The molecule has 0 saturated carbocycles. The summed E-state index contributed by atoms with van der Waals surface area (Å²) in [6, 6.07) is 12.1. The first-order chi connectivity index (χ1) is 9.56. The van der Waals surface area contributed by atoms with E-state index in [2.05, 4.69) is 4.98 Å². The Morgan fingerprint density at radius 3 is 2.55 bits per heavy atom. The number of carbonyl (C=O) groups excluding carboxylic acids is 1. The Morgan fingerprint density at radius 1 is 1.15 bits per heavy atom. The number of carbonyl (C=O) groups is 1. The second-order valence-corrected chi connectivity index (χ2v) is 4.71. The molecule has 0 radical (unpaired) electrons. The lowest BCUT2D eigenvalue weighted by molar-refractivity contribution is 0.0961. The van der Waals surface area contributed by atoms with E-state index in [1.807, 2.05) is 19.1 Å². The van der Waals surface area contributed by atoms with Gasteiger partial charge in [-0.3, -0.25) is 4.79 Å². The first kappa shape index (κ1) is 12.2. The Bertz CT molecular complexity index is 857. The van der Waals surface area contributed by atoms with Crippen LogP contribution in [0.4, 0.5) is 5.69 Å². The minimum absolute atomic E-state index is 0.356. The molecule has 3 N–H and O–H groups in total. The molecule has 0 aliphatic carbocycles. The number of anilines is 1. The van der Waals surface area contributed by atoms with Crippen molar-refractivity contribution < 1.29 is 4.79 Å². The van der Waals surface area contributed by atoms with Crippen LogP contribution in [0.5, 0.6) is 0 Å². The molecule has 3 rings (SSSR count). The molecular formula is C15H13N3O2. The number of hydrogen-bond acceptors (Lipinski definition) is 3. The standard InChI is InChI=1S/C15H13N3O2/c1-9-2-4-10(5-3-9)14(19)18-13-7-6-11(16)8-12(13)17-15(18)20/h2-8H,16H2,1H3,(H,17,20). The highest BCUT2D eigenvalue weighted by Crippen LogP contribution is 2.15. The van der Waals surface area contributed by atoms with Crippen LogP contribution in [0.1, 0.15) is 15.9 Å². The lowest BCUT2D eigenvalue weighted by Gasteiger charge is -2.03. The summed E-state index contributed by atoms with van der Waals surface area (Å²) in [4.78, 5) is 27.1. The van der Waals surface area contributed by atoms with Crippen LogP contribution < -0.4 is 11.4 Å². The normalized spacial score (nSPS) is 10.8. The van der Waals surface area contributed by atoms with Gasteiger partial charge in [0.05, 0.1) is 11.0 Å². The van der Waals surface area contributed by atoms with Crippen molar-refractivity contribution in [1.82, 2.24) is 9.55 Å². The average Bonchev–Trinajstić information content (AvgIpc) is 2.73. The molecule has 2 aromatic carbocycles. The monoisotopic (exact) mass is 267 g/mol. The van der Waals surface area contributed by atoms with Crippen molar-refractivity contribution in [3.63, 3.8) is 0 Å². The van der Waals surface area contributed by atoms with Crippen molar-refractivity contribution in [2.45, 2.75) is 6.92 Å². The second kappa shape index (κ2) is 4.38. The van der Waals surface area contributed by atoms with Gasteiger partial charge in [0.2, 0.25) is 0 Å². The number of aromatic amines is 1. The van der Waals surface area contributed by atoms with Gasteiger partial charge in [-0.15, -0.1) is 0 Å². The highest BCUT2D eigenvalue weighted by Gasteiger charge is 2.15. The van der Waals surface area contributed by atoms with Gasteiger partial charge in [-0.05, 0) is 37.3 Å². The molecule has 5 heteroatoms. The minimum Gasteiger partial charge on any atom is -0.399 e. The predicted molar refractivity (Wildman–Crippen MR) is 77.9 cm³/mol. The first-order valence-corrected chi connectivity index (χ1v) is 6.18. The fraction of sp³-hybridized carbons (Fsp3) is 0.0667. The smallest absolute Gasteiger partial charge is 0.333 e. The Balaban J connectivity index is 2.19. The summed E-state index contributed by atoms with van der Waals surface area (Å²) < 4.78 is 1.12. The van der Waals surface area contributed by atoms with Gasteiger partial charge in [0.1, 0.15) is 0 Å². The van der Waals surface area contributed by atoms with E-state index in [-0.39, 0.29) is 5.91 Å². The Hall–Kier alpha value is -2.82. The fourth-order valence-corrected chi connectivity index (χ4v) is 2.16. The van der Waals surface area contributed by atoms with Crippen molar-refractivity contribution in [3.8, 4) is 0 Å². The molecule has 20 heavy (non-hydrogen) atoms. The number of fused-ring (bicyclic) bond motifs is 1. The lowest BCUT2D eigenvalue weighted by Crippen LogP contribution is -2.24. The molecular weight excluding hydrogens is 254 g/mol. The highest BCUT2D eigenvalue weighted by atomic mass is 16.2. The summed E-state index contributed by atoms with van der Waals surface area (Å²) in [7, 11) is 0. The quantitative estimate of drug-likeness (QED) is 0.661. The zero-order chi connectivity index (χ0) is 14.3. The summed E-state index contributed by atoms with van der Waals surface area (Å²) in [5.41, 5.74) is 8.34. The van der Waals surface area contributed by atoms with E-state index >= 15 is 0 Å². The molecule has 3 aromatic rings. The molecule has 0 aliphatic rings. The molecule has 0 atom stereocenters. The number of benzene rings is 2. The number of nitrogens with zero attached hydrogens (tertiary/aromatic N) is 1. The topological polar surface area (TPSA) is 80.9 Å². The fourth-order valence-electron chi connectivity index (χ4n) is 2.16. The maximum atomic E-state index is 12.5. The van der Waals surface area contributed by atoms with Crippen LogP contribution in [-0.4, -0.2) is 15.5 Å². The van der Waals surface area contributed by atoms with Crippen molar-refractivity contribution in [1.29, 1.82) is 0 Å². The van der Waals surface area contributed by atoms with Crippen LogP contribution >= 0.6 is 0 Å². The van der Waals surface area contributed by atoms with Gasteiger partial charge >= 0.3 is 5.69 Å². The molecule has 1 aromatic heterocycles. The van der Waals surface area contributed by atoms with Gasteiger partial charge < -0.3 is 10.7 Å². The maximum Gasteiger partial charge on any atom is 0.333 e. The van der Waals surface area contributed by atoms with Crippen molar-refractivity contribution in [2.24, 2.45) is 0 Å². The number of nitrogens with one attached hydrogen (secondary N) is 1. The highest BCUT2D eigenvalue weighted by molar-refractivity contribution is 6.01. The number of aromatic nitrogens is 2. The lowest BCUT2D eigenvalue weighted by atomic mass is 10.1. The van der Waals surface area contributed by atoms with Crippen molar-refractivity contribution in [2.75, 3.05) is 5.73 Å². The van der Waals surface area contributed by atoms with Crippen molar-refractivity contribution in [3.05, 3.63) is 64.1 Å². The third-order valence-corrected chi connectivity index (χ3v) is 3.21. The van der Waals surface area contributed by atoms with Crippen LogP contribution in [0.3, 0.4) is 0 Å². The molecule has 0 spiro atoms. The summed E-state index contributed by atoms with van der Waals surface area (Å²) >= 11 is 0. The van der Waals surface area contributed by atoms with E-state index in [1.54, 1.807) is 30.3 Å². The van der Waals surface area contributed by atoms with Gasteiger partial charge in [-0.25, -0.2) is 9.36 Å². The number of imidazole rings is 1. The van der Waals surface area contributed by atoms with Gasteiger partial charge in [-0.2, -0.15) is 0 Å². The molecule has 0 saturated heterocycles. The van der Waals surface area contributed by atoms with E-state index in [4.69, 9.17) is 5.73 Å². The molecule has 5 nitrogen and oxygen atoms in total. The summed E-state index contributed by atoms with van der Waals surface area (Å²) in [6.45, 7) is 1.94. The summed E-state index contributed by atoms with van der Waals surface area (Å²) in [5, 5.41) is 0. The van der Waals surface area contributed by atoms with Gasteiger partial charge in [-0.1, -0.05) is 17.7 Å². The minimum atomic E-state index is -0.462. The van der Waals surface area contributed by atoms with Gasteiger partial charge in [0.15, 0.2) is 0 Å². The molecule has 0 amide bonds. The van der Waals surface area contributed by atoms with E-state index in [9.17, 15) is 9.59 Å². The number of nitrogen functional groups attached to an aromatic ring is 1. The third kappa shape index (κ3) is 1.89. The van der Waals surface area contributed by atoms with Gasteiger partial charge in [0, 0.05) is 11.3 Å². The largest absolute Gasteiger partial charge is 0.399 e. The van der Waals surface area contributed by atoms with Crippen LogP contribution in [0.15, 0.2) is 47.3 Å². The van der Waals surface area contributed by atoms with Crippen LogP contribution in [-0.2, 0) is 0 Å². The Kier molecular flexibility index (Phi) is 2.68. The SMILES string of the molecule is Cc1ccc(C(=O)n2c(=O)[nH]c3cc(N)ccc32)cc1. The maximum absolute atomic E-state index is 12.5. The van der Waals surface area contributed by atoms with Crippen LogP contribution in [0.2, 0.25) is 0 Å². The molecule has 0 fully saturated rings. The number of nitrogens with two attached hydrogens (primary N) is 1. The Labute approximate surface area is 114 Å². The molecule has 0 unspecified atom stereocenters. The average molecular weight is 267 g/mol. The summed E-state index contributed by atoms with van der Waals surface area (Å²) in [5.74, 6) is -0.356. The van der Waals surface area contributed by atoms with E-state index < -0.39 is 5.69 Å². The number of hydrogen-bond donors (Lipinski definition) is 2. The zero-order valence-electron chi connectivity index (χ0n) is 10.9. The zero-order valence-corrected chi connectivity index (χ0v) is 10.9. The second-order valence-electron chi connectivity index (χ2n) is 4.71. The Morgan fingerprint density at radius 2 is 1.85 bits per heavy atom. The van der Waals surface area contributed by atoms with E-state index in [0.717, 1.165) is 10.1 Å².